The second-order valence-electron chi connectivity index (χ2n) is 2.86. The molecule has 0 aliphatic carbocycles. The highest BCUT2D eigenvalue weighted by atomic mass is 16.5. The Bertz CT molecular complexity index is 322. The van der Waals surface area contributed by atoms with E-state index in [-0.39, 0.29) is 6.61 Å². The maximum Gasteiger partial charge on any atom is 0.344 e. The van der Waals surface area contributed by atoms with Crippen LogP contribution in [0.2, 0.25) is 0 Å². The molecule has 1 atom stereocenters. The average molecular weight is 196 g/mol. The number of rotatable bonds is 4. The van der Waals surface area contributed by atoms with Crippen LogP contribution in [0.5, 0.6) is 5.75 Å². The summed E-state index contributed by atoms with van der Waals surface area (Å²) in [6, 6.07) is 6.79. The van der Waals surface area contributed by atoms with E-state index in [1.807, 2.05) is 0 Å². The third-order valence-electron chi connectivity index (χ3n) is 1.79. The zero-order valence-corrected chi connectivity index (χ0v) is 7.80. The smallest absolute Gasteiger partial charge is 0.344 e. The predicted octanol–water partition coefficient (Wildman–Crippen LogP) is 1.03. The van der Waals surface area contributed by atoms with E-state index in [2.05, 4.69) is 0 Å². The van der Waals surface area contributed by atoms with Crippen LogP contribution in [0, 0.1) is 0 Å². The Balaban J connectivity index is 2.80. The van der Waals surface area contributed by atoms with Crippen LogP contribution in [0.25, 0.3) is 0 Å². The predicted molar refractivity (Wildman–Crippen MR) is 50.1 cm³/mol. The van der Waals surface area contributed by atoms with Crippen molar-refractivity contribution in [1.82, 2.24) is 0 Å². The minimum atomic E-state index is -1.03. The number of carboxylic acids is 1. The van der Waals surface area contributed by atoms with Crippen LogP contribution in [0.1, 0.15) is 12.5 Å². The van der Waals surface area contributed by atoms with Gasteiger partial charge in [-0.05, 0) is 13.0 Å². The molecule has 0 fully saturated rings. The molecule has 0 radical (unpaired) electrons. The van der Waals surface area contributed by atoms with Gasteiger partial charge in [-0.25, -0.2) is 4.79 Å². The fourth-order valence-corrected chi connectivity index (χ4v) is 0.990. The largest absolute Gasteiger partial charge is 0.479 e. The van der Waals surface area contributed by atoms with Crippen molar-refractivity contribution in [2.75, 3.05) is 0 Å². The number of aliphatic hydroxyl groups excluding tert-OH is 1. The van der Waals surface area contributed by atoms with Crippen LogP contribution < -0.4 is 4.74 Å². The normalized spacial score (nSPS) is 12.1. The van der Waals surface area contributed by atoms with Gasteiger partial charge in [0.1, 0.15) is 5.75 Å². The Hall–Kier alpha value is -1.55. The summed E-state index contributed by atoms with van der Waals surface area (Å²) in [5, 5.41) is 17.6. The molecule has 4 heteroatoms. The number of aliphatic carboxylic acids is 1. The van der Waals surface area contributed by atoms with Crippen molar-refractivity contribution < 1.29 is 19.7 Å². The average Bonchev–Trinajstić information content (AvgIpc) is 2.18. The molecule has 2 N–H and O–H groups in total. The van der Waals surface area contributed by atoms with Gasteiger partial charge in [0.25, 0.3) is 0 Å². The van der Waals surface area contributed by atoms with Crippen LogP contribution in [0.3, 0.4) is 0 Å². The van der Waals surface area contributed by atoms with Crippen molar-refractivity contribution in [2.45, 2.75) is 19.6 Å². The van der Waals surface area contributed by atoms with Crippen molar-refractivity contribution >= 4 is 5.97 Å². The van der Waals surface area contributed by atoms with Gasteiger partial charge in [0.05, 0.1) is 6.61 Å². The topological polar surface area (TPSA) is 66.8 Å². The second kappa shape index (κ2) is 4.62. The molecule has 1 aromatic rings. The summed E-state index contributed by atoms with van der Waals surface area (Å²) >= 11 is 0. The minimum absolute atomic E-state index is 0.164. The van der Waals surface area contributed by atoms with Gasteiger partial charge in [0.2, 0.25) is 0 Å². The van der Waals surface area contributed by atoms with Gasteiger partial charge in [-0.1, -0.05) is 18.2 Å². The first kappa shape index (κ1) is 10.5. The van der Waals surface area contributed by atoms with Crippen molar-refractivity contribution in [3.63, 3.8) is 0 Å². The Labute approximate surface area is 81.8 Å². The summed E-state index contributed by atoms with van der Waals surface area (Å²) in [6.07, 6.45) is -0.914. The standard InChI is InChI=1S/C10H12O4/c1-7(10(12)13)14-9-5-3-2-4-8(9)6-11/h2-5,7,11H,6H2,1H3,(H,12,13)/t7-/m0/s1. The fourth-order valence-electron chi connectivity index (χ4n) is 0.990. The minimum Gasteiger partial charge on any atom is -0.479 e. The molecule has 0 aliphatic heterocycles. The number of hydrogen-bond acceptors (Lipinski definition) is 3. The van der Waals surface area contributed by atoms with Crippen molar-refractivity contribution in [1.29, 1.82) is 0 Å². The lowest BCUT2D eigenvalue weighted by Crippen LogP contribution is -2.23. The summed E-state index contributed by atoms with van der Waals surface area (Å²) in [6.45, 7) is 1.28. The van der Waals surface area contributed by atoms with Gasteiger partial charge >= 0.3 is 5.97 Å². The summed E-state index contributed by atoms with van der Waals surface area (Å²) < 4.78 is 5.14. The molecule has 0 spiro atoms. The van der Waals surface area contributed by atoms with Crippen LogP contribution in [-0.4, -0.2) is 22.3 Å². The number of carboxylic acid groups (broad SMARTS) is 1. The summed E-state index contributed by atoms with van der Waals surface area (Å²) in [5.74, 6) is -0.623. The SMILES string of the molecule is C[C@H](Oc1ccccc1CO)C(=O)O. The summed E-state index contributed by atoms with van der Waals surface area (Å²) in [7, 11) is 0. The van der Waals surface area contributed by atoms with Gasteiger partial charge in [-0.3, -0.25) is 0 Å². The second-order valence-corrected chi connectivity index (χ2v) is 2.86. The molecule has 4 nitrogen and oxygen atoms in total. The van der Waals surface area contributed by atoms with Crippen LogP contribution in [0.15, 0.2) is 24.3 Å². The maximum absolute atomic E-state index is 10.5. The molecular formula is C10H12O4. The van der Waals surface area contributed by atoms with E-state index in [1.54, 1.807) is 24.3 Å². The van der Waals surface area contributed by atoms with Gasteiger partial charge in [-0.15, -0.1) is 0 Å². The highest BCUT2D eigenvalue weighted by Gasteiger charge is 2.13. The lowest BCUT2D eigenvalue weighted by atomic mass is 10.2. The molecule has 0 aliphatic rings. The first-order valence-electron chi connectivity index (χ1n) is 4.23. The number of para-hydroxylation sites is 1. The highest BCUT2D eigenvalue weighted by molar-refractivity contribution is 5.72. The molecule has 14 heavy (non-hydrogen) atoms. The van der Waals surface area contributed by atoms with E-state index in [0.29, 0.717) is 11.3 Å². The number of aliphatic hydroxyl groups is 1. The van der Waals surface area contributed by atoms with Gasteiger partial charge in [0.15, 0.2) is 6.10 Å². The molecule has 0 saturated heterocycles. The molecule has 0 amide bonds. The number of benzene rings is 1. The first-order valence-corrected chi connectivity index (χ1v) is 4.23. The quantitative estimate of drug-likeness (QED) is 0.754. The van der Waals surface area contributed by atoms with Crippen LogP contribution in [0.4, 0.5) is 0 Å². The van der Waals surface area contributed by atoms with E-state index >= 15 is 0 Å². The molecule has 76 valence electrons. The van der Waals surface area contributed by atoms with Crippen LogP contribution >= 0.6 is 0 Å². The van der Waals surface area contributed by atoms with Crippen LogP contribution in [-0.2, 0) is 11.4 Å². The Morgan fingerprint density at radius 1 is 1.50 bits per heavy atom. The molecule has 0 bridgehead atoms. The molecule has 0 saturated carbocycles. The number of carbonyl (C=O) groups is 1. The van der Waals surface area contributed by atoms with Crippen molar-refractivity contribution in [3.05, 3.63) is 29.8 Å². The van der Waals surface area contributed by atoms with Crippen molar-refractivity contribution in [2.24, 2.45) is 0 Å². The van der Waals surface area contributed by atoms with Crippen molar-refractivity contribution in [3.8, 4) is 5.75 Å². The molecule has 0 heterocycles. The third kappa shape index (κ3) is 2.47. The van der Waals surface area contributed by atoms with Gasteiger partial charge in [-0.2, -0.15) is 0 Å². The third-order valence-corrected chi connectivity index (χ3v) is 1.79. The number of hydrogen-bond donors (Lipinski definition) is 2. The van der Waals surface area contributed by atoms with Gasteiger partial charge in [0, 0.05) is 5.56 Å². The molecule has 0 aromatic heterocycles. The van der Waals surface area contributed by atoms with Gasteiger partial charge < -0.3 is 14.9 Å². The maximum atomic E-state index is 10.5. The highest BCUT2D eigenvalue weighted by Crippen LogP contribution is 2.18. The molecular weight excluding hydrogens is 184 g/mol. The molecule has 0 unspecified atom stereocenters. The zero-order valence-electron chi connectivity index (χ0n) is 7.80. The summed E-state index contributed by atoms with van der Waals surface area (Å²) in [5.41, 5.74) is 0.584. The van der Waals surface area contributed by atoms with E-state index in [0.717, 1.165) is 0 Å². The molecule has 1 rings (SSSR count). The fraction of sp³-hybridized carbons (Fsp3) is 0.300. The first-order chi connectivity index (χ1) is 6.65. The summed E-state index contributed by atoms with van der Waals surface area (Å²) in [4.78, 5) is 10.5. The lowest BCUT2D eigenvalue weighted by molar-refractivity contribution is -0.144. The van der Waals surface area contributed by atoms with E-state index in [4.69, 9.17) is 14.9 Å². The number of ether oxygens (including phenoxy) is 1. The Morgan fingerprint density at radius 2 is 2.14 bits per heavy atom. The Kier molecular flexibility index (Phi) is 3.48. The van der Waals surface area contributed by atoms with E-state index < -0.39 is 12.1 Å². The lowest BCUT2D eigenvalue weighted by Gasteiger charge is -2.12. The zero-order chi connectivity index (χ0) is 10.6. The van der Waals surface area contributed by atoms with E-state index in [1.165, 1.54) is 6.92 Å². The Morgan fingerprint density at radius 3 is 2.71 bits per heavy atom. The van der Waals surface area contributed by atoms with E-state index in [9.17, 15) is 4.79 Å². The molecule has 1 aromatic carbocycles. The monoisotopic (exact) mass is 196 g/mol.